The van der Waals surface area contributed by atoms with Gasteiger partial charge in [-0.15, -0.1) is 0 Å². The molecule has 1 aromatic heterocycles. The second kappa shape index (κ2) is 18.5. The number of hydrogen-bond acceptors (Lipinski definition) is 8. The Bertz CT molecular complexity index is 2520. The van der Waals surface area contributed by atoms with Crippen LogP contribution in [0.15, 0.2) is 111 Å². The molecule has 320 valence electrons. The molecule has 60 heavy (non-hydrogen) atoms. The normalized spacial score (nSPS) is 17.6. The van der Waals surface area contributed by atoms with E-state index in [1.165, 1.54) is 23.0 Å². The Morgan fingerprint density at radius 2 is 1.60 bits per heavy atom. The first-order valence-corrected chi connectivity index (χ1v) is 22.6. The standard InChI is InChI=1S/C47H60N6O6S/c1-7-51(33-24-26-35-36(31-33)45(56)50-49-44(35)55)29-18-16-28-48-43(54)23-13-10-17-30-53-39-20-15-14-19-37(39)46(3,4)42(53)22-12-9-11-21-41-47(5,6)38-32-34(60(57,58)59)25-27-40(38)52(41)8-2/h9,11-12,14-15,19-22,24-27,31-32,41H,7-8,10,13,16-18,23,28-30H2,1-6H3,(H,48,54)(H,49,55)(H,50,56)(H,57,58,59)/b12-9+,21-11+,42-22-. The van der Waals surface area contributed by atoms with E-state index >= 15 is 0 Å². The van der Waals surface area contributed by atoms with E-state index in [1.54, 1.807) is 24.3 Å². The van der Waals surface area contributed by atoms with Crippen molar-refractivity contribution in [1.82, 2.24) is 15.5 Å². The number of para-hydroxylation sites is 1. The summed E-state index contributed by atoms with van der Waals surface area (Å²) in [6, 6.07) is 18.8. The highest BCUT2D eigenvalue weighted by atomic mass is 32.2. The van der Waals surface area contributed by atoms with Crippen molar-refractivity contribution in [2.45, 2.75) is 102 Å². The van der Waals surface area contributed by atoms with Crippen LogP contribution in [0.5, 0.6) is 0 Å². The van der Waals surface area contributed by atoms with Gasteiger partial charge in [0.15, 0.2) is 0 Å². The first-order valence-electron chi connectivity index (χ1n) is 21.2. The van der Waals surface area contributed by atoms with Crippen molar-refractivity contribution in [3.8, 4) is 0 Å². The maximum atomic E-state index is 12.7. The summed E-state index contributed by atoms with van der Waals surface area (Å²) in [5.41, 5.74) is 5.28. The van der Waals surface area contributed by atoms with Gasteiger partial charge in [-0.2, -0.15) is 8.42 Å². The van der Waals surface area contributed by atoms with Gasteiger partial charge in [-0.3, -0.25) is 29.1 Å². The molecular weight excluding hydrogens is 777 g/mol. The van der Waals surface area contributed by atoms with Crippen LogP contribution in [0.2, 0.25) is 0 Å². The summed E-state index contributed by atoms with van der Waals surface area (Å²) >= 11 is 0. The minimum absolute atomic E-state index is 0.00117. The fourth-order valence-corrected chi connectivity index (χ4v) is 9.43. The number of rotatable bonds is 18. The molecule has 0 fully saturated rings. The molecule has 2 aliphatic heterocycles. The quantitative estimate of drug-likeness (QED) is 0.0447. The third-order valence-electron chi connectivity index (χ3n) is 12.2. The first-order chi connectivity index (χ1) is 28.6. The highest BCUT2D eigenvalue weighted by molar-refractivity contribution is 7.85. The van der Waals surface area contributed by atoms with Crippen molar-refractivity contribution in [2.24, 2.45) is 0 Å². The molecule has 0 bridgehead atoms. The molecule has 12 nitrogen and oxygen atoms in total. The molecule has 4 N–H and O–H groups in total. The van der Waals surface area contributed by atoms with Gasteiger partial charge < -0.3 is 20.0 Å². The number of aromatic amines is 2. The van der Waals surface area contributed by atoms with E-state index in [9.17, 15) is 27.4 Å². The number of fused-ring (bicyclic) bond motifs is 3. The van der Waals surface area contributed by atoms with E-state index in [2.05, 4.69) is 126 Å². The molecule has 3 heterocycles. The number of amides is 1. The second-order valence-electron chi connectivity index (χ2n) is 16.8. The monoisotopic (exact) mass is 836 g/mol. The predicted molar refractivity (Wildman–Crippen MR) is 243 cm³/mol. The van der Waals surface area contributed by atoms with Crippen LogP contribution < -0.4 is 31.1 Å². The lowest BCUT2D eigenvalue weighted by Crippen LogP contribution is -2.39. The van der Waals surface area contributed by atoms with E-state index in [4.69, 9.17) is 0 Å². The van der Waals surface area contributed by atoms with Gasteiger partial charge >= 0.3 is 0 Å². The van der Waals surface area contributed by atoms with Crippen LogP contribution in [0.4, 0.5) is 17.1 Å². The number of nitrogens with zero attached hydrogens (tertiary/aromatic N) is 3. The Labute approximate surface area is 353 Å². The molecule has 1 unspecified atom stereocenters. The Hall–Kier alpha value is -5.40. The molecule has 0 radical (unpaired) electrons. The van der Waals surface area contributed by atoms with Gasteiger partial charge in [0.2, 0.25) is 5.91 Å². The van der Waals surface area contributed by atoms with Gasteiger partial charge in [0.25, 0.3) is 21.2 Å². The molecule has 6 rings (SSSR count). The van der Waals surface area contributed by atoms with Crippen molar-refractivity contribution in [1.29, 1.82) is 0 Å². The van der Waals surface area contributed by atoms with E-state index in [0.29, 0.717) is 23.7 Å². The lowest BCUT2D eigenvalue weighted by Gasteiger charge is -2.31. The van der Waals surface area contributed by atoms with Crippen LogP contribution in [-0.2, 0) is 25.7 Å². The number of hydrogen-bond donors (Lipinski definition) is 4. The maximum absolute atomic E-state index is 12.7. The van der Waals surface area contributed by atoms with Crippen molar-refractivity contribution in [3.63, 3.8) is 0 Å². The Morgan fingerprint density at radius 1 is 0.850 bits per heavy atom. The average molecular weight is 837 g/mol. The lowest BCUT2D eigenvalue weighted by molar-refractivity contribution is -0.121. The topological polar surface area (TPSA) is 159 Å². The second-order valence-corrected chi connectivity index (χ2v) is 18.2. The number of likely N-dealkylation sites (N-methyl/N-ethyl adjacent to an activating group) is 1. The van der Waals surface area contributed by atoms with Crippen LogP contribution in [0, 0.1) is 0 Å². The number of allylic oxidation sites excluding steroid dienone is 5. The number of aromatic nitrogens is 2. The van der Waals surface area contributed by atoms with Gasteiger partial charge in [0, 0.05) is 72.7 Å². The highest BCUT2D eigenvalue weighted by Gasteiger charge is 2.43. The van der Waals surface area contributed by atoms with Crippen LogP contribution >= 0.6 is 0 Å². The molecule has 0 spiro atoms. The summed E-state index contributed by atoms with van der Waals surface area (Å²) in [6.45, 7) is 16.6. The molecule has 4 aromatic rings. The largest absolute Gasteiger partial charge is 0.372 e. The molecule has 2 aliphatic rings. The number of carbonyl (C=O) groups is 1. The Morgan fingerprint density at radius 3 is 2.33 bits per heavy atom. The zero-order valence-electron chi connectivity index (χ0n) is 35.8. The fourth-order valence-electron chi connectivity index (χ4n) is 8.92. The average Bonchev–Trinajstić information content (AvgIpc) is 3.57. The third-order valence-corrected chi connectivity index (χ3v) is 13.1. The van der Waals surface area contributed by atoms with E-state index in [-0.39, 0.29) is 38.8 Å². The van der Waals surface area contributed by atoms with Crippen molar-refractivity contribution in [3.05, 3.63) is 129 Å². The molecule has 0 aliphatic carbocycles. The lowest BCUT2D eigenvalue weighted by atomic mass is 9.80. The third kappa shape index (κ3) is 9.32. The number of H-pyrrole nitrogens is 2. The summed E-state index contributed by atoms with van der Waals surface area (Å²) in [6.07, 6.45) is 15.5. The van der Waals surface area contributed by atoms with Crippen LogP contribution in [0.3, 0.4) is 0 Å². The molecule has 0 saturated heterocycles. The van der Waals surface area contributed by atoms with Gasteiger partial charge in [-0.1, -0.05) is 76.6 Å². The summed E-state index contributed by atoms with van der Waals surface area (Å²) in [5.74, 6) is 0.0718. The van der Waals surface area contributed by atoms with Crippen molar-refractivity contribution >= 4 is 43.9 Å². The Kier molecular flexibility index (Phi) is 13.6. The van der Waals surface area contributed by atoms with Gasteiger partial charge in [0.1, 0.15) is 0 Å². The summed E-state index contributed by atoms with van der Waals surface area (Å²) in [5, 5.41) is 8.57. The smallest absolute Gasteiger partial charge is 0.294 e. The summed E-state index contributed by atoms with van der Waals surface area (Å²) in [7, 11) is -4.30. The van der Waals surface area contributed by atoms with Gasteiger partial charge in [0.05, 0.1) is 21.7 Å². The van der Waals surface area contributed by atoms with Crippen molar-refractivity contribution < 1.29 is 17.8 Å². The highest BCUT2D eigenvalue weighted by Crippen LogP contribution is 2.48. The van der Waals surface area contributed by atoms with E-state index < -0.39 is 10.1 Å². The molecule has 1 atom stereocenters. The Balaban J connectivity index is 0.983. The van der Waals surface area contributed by atoms with Crippen LogP contribution in [-0.4, -0.2) is 67.8 Å². The van der Waals surface area contributed by atoms with Crippen LogP contribution in [0.25, 0.3) is 10.8 Å². The fraction of sp³-hybridized carbons (Fsp3) is 0.426. The van der Waals surface area contributed by atoms with Gasteiger partial charge in [-0.25, -0.2) is 0 Å². The summed E-state index contributed by atoms with van der Waals surface area (Å²) in [4.78, 5) is 43.8. The van der Waals surface area contributed by atoms with Gasteiger partial charge in [-0.05, 0) is 99.2 Å². The minimum Gasteiger partial charge on any atom is -0.372 e. The minimum atomic E-state index is -4.30. The number of anilines is 3. The number of nitrogens with one attached hydrogen (secondary N) is 3. The maximum Gasteiger partial charge on any atom is 0.294 e. The SMILES string of the molecule is CCN(CCCCNC(=O)CCCCCN1\C(=C/C=C/C=C/C2N(CC)c3ccc(S(=O)(=O)O)cc3C2(C)C)C(C)(C)c2ccccc21)c1ccc2c(=O)[nH][nH]c(=O)c2c1. The number of unbranched alkanes of at least 4 members (excludes halogenated alkanes) is 3. The number of carbonyl (C=O) groups excluding carboxylic acids is 1. The first kappa shape index (κ1) is 44.2. The van der Waals surface area contributed by atoms with E-state index in [0.717, 1.165) is 75.2 Å². The van der Waals surface area contributed by atoms with E-state index in [1.807, 2.05) is 6.07 Å². The summed E-state index contributed by atoms with van der Waals surface area (Å²) < 4.78 is 33.5. The molecule has 13 heteroatoms. The molecule has 3 aromatic carbocycles. The zero-order valence-corrected chi connectivity index (χ0v) is 36.6. The molecule has 0 saturated carbocycles. The van der Waals surface area contributed by atoms with Crippen LogP contribution in [0.1, 0.15) is 91.2 Å². The molecular formula is C47H60N6O6S. The number of benzene rings is 3. The van der Waals surface area contributed by atoms with Crippen molar-refractivity contribution in [2.75, 3.05) is 47.4 Å². The molecule has 1 amide bonds. The predicted octanol–water partition coefficient (Wildman–Crippen LogP) is 7.73. The zero-order chi connectivity index (χ0) is 43.2.